The molecule has 1 aliphatic rings. The molecule has 1 aliphatic heterocycles. The van der Waals surface area contributed by atoms with Crippen LogP contribution in [0.15, 0.2) is 18.2 Å². The molecule has 0 unspecified atom stereocenters. The van der Waals surface area contributed by atoms with Crippen LogP contribution in [-0.4, -0.2) is 13.0 Å². The third kappa shape index (κ3) is 3.09. The Bertz CT molecular complexity index is 345. The van der Waals surface area contributed by atoms with E-state index < -0.39 is 0 Å². The topological polar surface area (TPSA) is 20.3 Å². The maximum absolute atomic E-state index is 11.3. The standard InChI is InChI=1S/C10H11NO.2C2H6/c1-7-3-4-9-8(5-7)6-10(12)11(9)2;2*1-2/h3-5H,6H2,1-2H3;2*1-2H3. The van der Waals surface area contributed by atoms with Crippen molar-refractivity contribution in [1.82, 2.24) is 0 Å². The summed E-state index contributed by atoms with van der Waals surface area (Å²) in [7, 11) is 1.82. The molecule has 0 aliphatic carbocycles. The zero-order valence-corrected chi connectivity index (χ0v) is 11.3. The van der Waals surface area contributed by atoms with E-state index in [9.17, 15) is 4.79 Å². The average Bonchev–Trinajstić information content (AvgIpc) is 2.60. The summed E-state index contributed by atoms with van der Waals surface area (Å²) in [6.45, 7) is 10.0. The smallest absolute Gasteiger partial charge is 0.231 e. The van der Waals surface area contributed by atoms with Crippen LogP contribution in [-0.2, 0) is 11.2 Å². The van der Waals surface area contributed by atoms with Crippen LogP contribution in [0, 0.1) is 6.92 Å². The Labute approximate surface area is 99.3 Å². The fourth-order valence-electron chi connectivity index (χ4n) is 1.60. The van der Waals surface area contributed by atoms with Gasteiger partial charge in [0.15, 0.2) is 0 Å². The van der Waals surface area contributed by atoms with Gasteiger partial charge in [0, 0.05) is 12.7 Å². The van der Waals surface area contributed by atoms with Crippen LogP contribution in [0.3, 0.4) is 0 Å². The van der Waals surface area contributed by atoms with Crippen molar-refractivity contribution in [3.63, 3.8) is 0 Å². The molecule has 2 heteroatoms. The summed E-state index contributed by atoms with van der Waals surface area (Å²) >= 11 is 0. The molecule has 16 heavy (non-hydrogen) atoms. The molecule has 1 aromatic carbocycles. The number of rotatable bonds is 0. The molecule has 0 saturated heterocycles. The number of hydrogen-bond donors (Lipinski definition) is 0. The number of nitrogens with zero attached hydrogens (tertiary/aromatic N) is 1. The van der Waals surface area contributed by atoms with Crippen molar-refractivity contribution in [3.8, 4) is 0 Å². The maximum atomic E-state index is 11.3. The molecule has 1 amide bonds. The predicted molar refractivity (Wildman–Crippen MR) is 71.0 cm³/mol. The minimum absolute atomic E-state index is 0.190. The monoisotopic (exact) mass is 221 g/mol. The largest absolute Gasteiger partial charge is 0.315 e. The Balaban J connectivity index is 0.000000509. The zero-order valence-electron chi connectivity index (χ0n) is 11.3. The van der Waals surface area contributed by atoms with E-state index in [0.29, 0.717) is 6.42 Å². The predicted octanol–water partition coefficient (Wildman–Crippen LogP) is 3.57. The van der Waals surface area contributed by atoms with E-state index in [2.05, 4.69) is 6.07 Å². The third-order valence-electron chi connectivity index (χ3n) is 2.31. The Morgan fingerprint density at radius 2 is 1.69 bits per heavy atom. The van der Waals surface area contributed by atoms with Gasteiger partial charge in [0.05, 0.1) is 6.42 Å². The number of benzene rings is 1. The molecule has 0 N–H and O–H groups in total. The lowest BCUT2D eigenvalue weighted by atomic mass is 10.1. The summed E-state index contributed by atoms with van der Waals surface area (Å²) in [5.41, 5.74) is 3.44. The van der Waals surface area contributed by atoms with Gasteiger partial charge in [-0.15, -0.1) is 0 Å². The molecule has 0 saturated carbocycles. The first-order valence-corrected chi connectivity index (χ1v) is 6.04. The van der Waals surface area contributed by atoms with E-state index in [1.54, 1.807) is 4.90 Å². The van der Waals surface area contributed by atoms with Crippen LogP contribution in [0.2, 0.25) is 0 Å². The normalized spacial score (nSPS) is 12.1. The second-order valence-electron chi connectivity index (χ2n) is 3.26. The molecular formula is C14H23NO. The zero-order chi connectivity index (χ0) is 12.7. The second-order valence-corrected chi connectivity index (χ2v) is 3.26. The summed E-state index contributed by atoms with van der Waals surface area (Å²) in [6.07, 6.45) is 0.563. The molecule has 0 bridgehead atoms. The molecule has 0 spiro atoms. The van der Waals surface area contributed by atoms with Crippen molar-refractivity contribution in [2.24, 2.45) is 0 Å². The van der Waals surface area contributed by atoms with Crippen LogP contribution in [0.1, 0.15) is 38.8 Å². The molecule has 1 aromatic rings. The van der Waals surface area contributed by atoms with Gasteiger partial charge >= 0.3 is 0 Å². The molecule has 2 rings (SSSR count). The minimum Gasteiger partial charge on any atom is -0.315 e. The van der Waals surface area contributed by atoms with Gasteiger partial charge in [-0.05, 0) is 18.6 Å². The van der Waals surface area contributed by atoms with Gasteiger partial charge in [0.2, 0.25) is 5.91 Å². The van der Waals surface area contributed by atoms with E-state index in [1.165, 1.54) is 5.56 Å². The second kappa shape index (κ2) is 7.04. The number of likely N-dealkylation sites (N-methyl/N-ethyl adjacent to an activating group) is 1. The Morgan fingerprint density at radius 3 is 2.25 bits per heavy atom. The lowest BCUT2D eigenvalue weighted by Crippen LogP contribution is -2.20. The van der Waals surface area contributed by atoms with Crippen LogP contribution in [0.5, 0.6) is 0 Å². The first kappa shape index (κ1) is 14.7. The molecule has 2 nitrogen and oxygen atoms in total. The van der Waals surface area contributed by atoms with Crippen molar-refractivity contribution in [2.75, 3.05) is 11.9 Å². The Morgan fingerprint density at radius 1 is 1.12 bits per heavy atom. The highest BCUT2D eigenvalue weighted by Crippen LogP contribution is 2.27. The molecule has 0 aromatic heterocycles. The van der Waals surface area contributed by atoms with Crippen molar-refractivity contribution in [3.05, 3.63) is 29.3 Å². The van der Waals surface area contributed by atoms with Crippen LogP contribution in [0.25, 0.3) is 0 Å². The van der Waals surface area contributed by atoms with E-state index >= 15 is 0 Å². The lowest BCUT2D eigenvalue weighted by molar-refractivity contribution is -0.117. The molecule has 0 fully saturated rings. The van der Waals surface area contributed by atoms with Gasteiger partial charge in [-0.1, -0.05) is 45.4 Å². The van der Waals surface area contributed by atoms with Crippen molar-refractivity contribution < 1.29 is 4.79 Å². The molecule has 0 atom stereocenters. The summed E-state index contributed by atoms with van der Waals surface area (Å²) in [4.78, 5) is 13.0. The SMILES string of the molecule is CC.CC.Cc1ccc2c(c1)CC(=O)N2C. The maximum Gasteiger partial charge on any atom is 0.231 e. The molecule has 1 heterocycles. The highest BCUT2D eigenvalue weighted by Gasteiger charge is 2.23. The molecular weight excluding hydrogens is 198 g/mol. The van der Waals surface area contributed by atoms with Gasteiger partial charge in [-0.2, -0.15) is 0 Å². The number of anilines is 1. The number of fused-ring (bicyclic) bond motifs is 1. The van der Waals surface area contributed by atoms with E-state index in [0.717, 1.165) is 11.3 Å². The van der Waals surface area contributed by atoms with Crippen LogP contribution >= 0.6 is 0 Å². The lowest BCUT2D eigenvalue weighted by Gasteiger charge is -2.09. The first-order chi connectivity index (χ1) is 7.68. The van der Waals surface area contributed by atoms with Crippen molar-refractivity contribution in [1.29, 1.82) is 0 Å². The Hall–Kier alpha value is -1.31. The summed E-state index contributed by atoms with van der Waals surface area (Å²) in [6, 6.07) is 6.13. The summed E-state index contributed by atoms with van der Waals surface area (Å²) in [5.74, 6) is 0.190. The third-order valence-corrected chi connectivity index (χ3v) is 2.31. The van der Waals surface area contributed by atoms with Gasteiger partial charge in [-0.25, -0.2) is 0 Å². The summed E-state index contributed by atoms with van der Waals surface area (Å²) in [5, 5.41) is 0. The highest BCUT2D eigenvalue weighted by atomic mass is 16.2. The molecule has 0 radical (unpaired) electrons. The van der Waals surface area contributed by atoms with Gasteiger partial charge in [0.1, 0.15) is 0 Å². The number of carbonyl (C=O) groups is 1. The van der Waals surface area contributed by atoms with Gasteiger partial charge < -0.3 is 4.90 Å². The van der Waals surface area contributed by atoms with E-state index in [1.807, 2.05) is 53.8 Å². The number of carbonyl (C=O) groups excluding carboxylic acids is 1. The van der Waals surface area contributed by atoms with Crippen molar-refractivity contribution >= 4 is 11.6 Å². The fourth-order valence-corrected chi connectivity index (χ4v) is 1.60. The first-order valence-electron chi connectivity index (χ1n) is 6.04. The number of hydrogen-bond acceptors (Lipinski definition) is 1. The molecule has 90 valence electrons. The summed E-state index contributed by atoms with van der Waals surface area (Å²) < 4.78 is 0. The average molecular weight is 221 g/mol. The quantitative estimate of drug-likeness (QED) is 0.656. The fraction of sp³-hybridized carbons (Fsp3) is 0.500. The van der Waals surface area contributed by atoms with Crippen molar-refractivity contribution in [2.45, 2.75) is 41.0 Å². The number of aryl methyl sites for hydroxylation is 1. The van der Waals surface area contributed by atoms with Crippen LogP contribution in [0.4, 0.5) is 5.69 Å². The Kier molecular flexibility index (Phi) is 6.47. The van der Waals surface area contributed by atoms with Gasteiger partial charge in [-0.3, -0.25) is 4.79 Å². The van der Waals surface area contributed by atoms with E-state index in [-0.39, 0.29) is 5.91 Å². The van der Waals surface area contributed by atoms with Gasteiger partial charge in [0.25, 0.3) is 0 Å². The highest BCUT2D eigenvalue weighted by molar-refractivity contribution is 6.00. The number of amides is 1. The van der Waals surface area contributed by atoms with Crippen LogP contribution < -0.4 is 4.90 Å². The van der Waals surface area contributed by atoms with E-state index in [4.69, 9.17) is 0 Å². The minimum atomic E-state index is 0.190.